The van der Waals surface area contributed by atoms with Crippen LogP contribution in [0.2, 0.25) is 19.6 Å². The van der Waals surface area contributed by atoms with E-state index >= 15 is 0 Å². The molecule has 0 radical (unpaired) electrons. The molecule has 1 aliphatic carbocycles. The predicted molar refractivity (Wildman–Crippen MR) is 129 cm³/mol. The van der Waals surface area contributed by atoms with Gasteiger partial charge < -0.3 is 5.11 Å². The molecule has 0 atom stereocenters. The fraction of sp³-hybridized carbons (Fsp3) is 0.360. The Bertz CT molecular complexity index is 1060. The second-order valence-corrected chi connectivity index (χ2v) is 15.1. The van der Waals surface area contributed by atoms with E-state index in [1.807, 2.05) is 24.3 Å². The average molecular weight is 439 g/mol. The van der Waals surface area contributed by atoms with Crippen LogP contribution in [0, 0.1) is 6.92 Å². The Labute approximate surface area is 184 Å². The van der Waals surface area contributed by atoms with Crippen molar-refractivity contribution in [1.82, 2.24) is 0 Å². The number of benzene rings is 2. The van der Waals surface area contributed by atoms with E-state index in [0.717, 1.165) is 34.4 Å². The summed E-state index contributed by atoms with van der Waals surface area (Å²) in [4.78, 5) is 26.1. The van der Waals surface area contributed by atoms with Crippen LogP contribution >= 0.6 is 11.8 Å². The van der Waals surface area contributed by atoms with Crippen molar-refractivity contribution in [2.45, 2.75) is 58.1 Å². The lowest BCUT2D eigenvalue weighted by Crippen LogP contribution is -2.43. The molecule has 0 bridgehead atoms. The number of hydrogen-bond donors (Lipinski definition) is 1. The summed E-state index contributed by atoms with van der Waals surface area (Å²) in [5, 5.41) is 11.0. The van der Waals surface area contributed by atoms with Gasteiger partial charge in [0.1, 0.15) is 0 Å². The zero-order valence-electron chi connectivity index (χ0n) is 18.7. The Morgan fingerprint density at radius 1 is 1.07 bits per heavy atom. The lowest BCUT2D eigenvalue weighted by atomic mass is 10.0. The van der Waals surface area contributed by atoms with E-state index in [1.54, 1.807) is 18.7 Å². The van der Waals surface area contributed by atoms with Crippen LogP contribution in [-0.2, 0) is 4.79 Å². The molecule has 0 heterocycles. The Morgan fingerprint density at radius 3 is 2.27 bits per heavy atom. The molecule has 2 aromatic carbocycles. The fourth-order valence-electron chi connectivity index (χ4n) is 4.39. The van der Waals surface area contributed by atoms with Crippen molar-refractivity contribution in [1.29, 1.82) is 0 Å². The number of hydrogen-bond acceptors (Lipinski definition) is 4. The number of carbonyl (C=O) groups is 2. The van der Waals surface area contributed by atoms with Crippen LogP contribution < -0.4 is 5.19 Å². The molecule has 0 saturated heterocycles. The largest absolute Gasteiger partial charge is 0.512 e. The van der Waals surface area contributed by atoms with E-state index in [-0.39, 0.29) is 17.3 Å². The second kappa shape index (κ2) is 8.56. The van der Waals surface area contributed by atoms with Gasteiger partial charge in [0, 0.05) is 21.6 Å². The normalized spacial score (nSPS) is 13.7. The third-order valence-corrected chi connectivity index (χ3v) is 9.02. The molecule has 30 heavy (non-hydrogen) atoms. The molecule has 0 aromatic heterocycles. The quantitative estimate of drug-likeness (QED) is 0.160. The van der Waals surface area contributed by atoms with Gasteiger partial charge in [-0.25, -0.2) is 0 Å². The minimum absolute atomic E-state index is 0.0650. The van der Waals surface area contributed by atoms with Gasteiger partial charge in [0.2, 0.25) is 0 Å². The maximum Gasteiger partial charge on any atom is 0.194 e. The van der Waals surface area contributed by atoms with E-state index in [4.69, 9.17) is 0 Å². The highest BCUT2D eigenvalue weighted by molar-refractivity contribution is 7.99. The van der Waals surface area contributed by atoms with Gasteiger partial charge in [0.15, 0.2) is 11.6 Å². The summed E-state index contributed by atoms with van der Waals surface area (Å²) < 4.78 is 0. The molecule has 0 aliphatic heterocycles. The molecule has 0 spiro atoms. The van der Waals surface area contributed by atoms with Gasteiger partial charge in [-0.2, -0.15) is 0 Å². The summed E-state index contributed by atoms with van der Waals surface area (Å²) >= 11 is 1.78. The van der Waals surface area contributed by atoms with E-state index in [1.165, 1.54) is 22.6 Å². The number of aliphatic hydroxyl groups is 1. The van der Waals surface area contributed by atoms with E-state index in [0.29, 0.717) is 12.0 Å². The van der Waals surface area contributed by atoms with Crippen molar-refractivity contribution in [2.24, 2.45) is 0 Å². The first-order valence-corrected chi connectivity index (χ1v) is 14.9. The first-order valence-electron chi connectivity index (χ1n) is 10.4. The minimum atomic E-state index is -1.76. The first kappa shape index (κ1) is 22.6. The summed E-state index contributed by atoms with van der Waals surface area (Å²) in [5.74, 6) is 1.07. The van der Waals surface area contributed by atoms with Crippen LogP contribution in [0.15, 0.2) is 46.6 Å². The summed E-state index contributed by atoms with van der Waals surface area (Å²) in [7, 11) is -1.76. The van der Waals surface area contributed by atoms with Crippen molar-refractivity contribution in [3.05, 3.63) is 58.4 Å². The Hall–Kier alpha value is -2.11. The number of carbonyl (C=O) groups excluding carboxylic acids is 2. The molecular weight excluding hydrogens is 408 g/mol. The summed E-state index contributed by atoms with van der Waals surface area (Å²) in [6.45, 7) is 12.1. The Balaban J connectivity index is 1.95. The second-order valence-electron chi connectivity index (χ2n) is 8.99. The van der Waals surface area contributed by atoms with Crippen LogP contribution in [0.3, 0.4) is 0 Å². The Kier molecular flexibility index (Phi) is 6.44. The molecule has 3 rings (SSSR count). The molecule has 0 amide bonds. The van der Waals surface area contributed by atoms with Crippen LogP contribution in [0.5, 0.6) is 0 Å². The average Bonchev–Trinajstić information content (AvgIpc) is 2.92. The molecule has 158 valence electrons. The monoisotopic (exact) mass is 438 g/mol. The number of aliphatic hydroxyl groups excluding tert-OH is 1. The number of ketones is 2. The van der Waals surface area contributed by atoms with Crippen LogP contribution in [0.4, 0.5) is 0 Å². The van der Waals surface area contributed by atoms with Crippen LogP contribution in [0.1, 0.15) is 48.2 Å². The van der Waals surface area contributed by atoms with Gasteiger partial charge in [0.05, 0.1) is 13.8 Å². The molecule has 0 saturated carbocycles. The molecule has 5 heteroatoms. The van der Waals surface area contributed by atoms with Crippen molar-refractivity contribution >= 4 is 36.6 Å². The number of fused-ring (bicyclic) bond motifs is 3. The summed E-state index contributed by atoms with van der Waals surface area (Å²) in [6.07, 6.45) is 1.39. The van der Waals surface area contributed by atoms with Crippen molar-refractivity contribution in [3.8, 4) is 11.1 Å². The molecule has 2 aromatic rings. The molecule has 0 fully saturated rings. The summed E-state index contributed by atoms with van der Waals surface area (Å²) in [6, 6.07) is 10.1. The fourth-order valence-corrected chi connectivity index (χ4v) is 7.76. The number of Topliss-reactive ketones (excluding diaryl/α,β-unsaturated/α-hetero) is 1. The third-order valence-electron chi connectivity index (χ3n) is 5.67. The maximum absolute atomic E-state index is 13.2. The van der Waals surface area contributed by atoms with Gasteiger partial charge in [-0.05, 0) is 67.3 Å². The molecule has 1 N–H and O–H groups in total. The third kappa shape index (κ3) is 4.19. The maximum atomic E-state index is 13.2. The van der Waals surface area contributed by atoms with Crippen molar-refractivity contribution in [2.75, 3.05) is 5.75 Å². The minimum Gasteiger partial charge on any atom is -0.512 e. The van der Waals surface area contributed by atoms with Gasteiger partial charge in [-0.15, -0.1) is 11.8 Å². The summed E-state index contributed by atoms with van der Waals surface area (Å²) in [5.41, 5.74) is 5.56. The molecule has 1 aliphatic rings. The highest BCUT2D eigenvalue weighted by Gasteiger charge is 2.35. The highest BCUT2D eigenvalue weighted by atomic mass is 32.2. The van der Waals surface area contributed by atoms with Gasteiger partial charge in [-0.3, -0.25) is 9.59 Å². The zero-order chi connectivity index (χ0) is 22.2. The van der Waals surface area contributed by atoms with E-state index in [2.05, 4.69) is 32.6 Å². The Morgan fingerprint density at radius 2 is 1.70 bits per heavy atom. The smallest absolute Gasteiger partial charge is 0.194 e. The van der Waals surface area contributed by atoms with Crippen molar-refractivity contribution < 1.29 is 14.7 Å². The molecule has 0 unspecified atom stereocenters. The van der Waals surface area contributed by atoms with Crippen molar-refractivity contribution in [3.63, 3.8) is 0 Å². The lowest BCUT2D eigenvalue weighted by molar-refractivity contribution is -0.113. The van der Waals surface area contributed by atoms with Crippen LogP contribution in [0.25, 0.3) is 11.1 Å². The lowest BCUT2D eigenvalue weighted by Gasteiger charge is -2.25. The molecule has 3 nitrogen and oxygen atoms in total. The predicted octanol–water partition coefficient (Wildman–Crippen LogP) is 6.04. The van der Waals surface area contributed by atoms with E-state index < -0.39 is 8.07 Å². The SMILES string of the molecule is CC(=O)/C(CCCSc1cc2c(c([Si](C)(C)C)c1C)C(=O)c1ccccc1-2)=C(\C)O. The topological polar surface area (TPSA) is 54.4 Å². The first-order chi connectivity index (χ1) is 14.0. The standard InChI is InChI=1S/C25H30O3SSi/c1-15-22(29-13-9-12-18(16(2)26)17(3)27)14-21-19-10-7-8-11-20(19)24(28)23(21)25(15)30(4,5)6/h7-8,10-11,14,26H,9,12-13H2,1-6H3/b18-16+. The van der Waals surface area contributed by atoms with Gasteiger partial charge in [0.25, 0.3) is 0 Å². The van der Waals surface area contributed by atoms with Gasteiger partial charge in [-0.1, -0.05) is 43.9 Å². The number of rotatable bonds is 7. The number of thioether (sulfide) groups is 1. The van der Waals surface area contributed by atoms with Gasteiger partial charge >= 0.3 is 0 Å². The molecular formula is C25H30O3SSi. The van der Waals surface area contributed by atoms with Crippen LogP contribution in [-0.4, -0.2) is 30.5 Å². The highest BCUT2D eigenvalue weighted by Crippen LogP contribution is 2.40. The number of allylic oxidation sites excluding steroid dienone is 2. The van der Waals surface area contributed by atoms with E-state index in [9.17, 15) is 14.7 Å². The zero-order valence-corrected chi connectivity index (χ0v) is 20.5.